The molecule has 4 nitrogen and oxygen atoms in total. The van der Waals surface area contributed by atoms with Gasteiger partial charge in [0.2, 0.25) is 0 Å². The first-order valence-corrected chi connectivity index (χ1v) is 8.17. The lowest BCUT2D eigenvalue weighted by Gasteiger charge is -2.23. The second-order valence-electron chi connectivity index (χ2n) is 5.30. The van der Waals surface area contributed by atoms with Crippen molar-refractivity contribution >= 4 is 23.5 Å². The molecule has 110 valence electrons. The van der Waals surface area contributed by atoms with Gasteiger partial charge in [0.1, 0.15) is 0 Å². The maximum absolute atomic E-state index is 12.1. The Kier molecular flexibility index (Phi) is 5.31. The molecule has 2 amide bonds. The molecule has 0 saturated heterocycles. The summed E-state index contributed by atoms with van der Waals surface area (Å²) in [7, 11) is 1.78. The molecule has 20 heavy (non-hydrogen) atoms. The number of hydrogen-bond donors (Lipinski definition) is 2. The summed E-state index contributed by atoms with van der Waals surface area (Å²) in [4.78, 5) is 14.9. The van der Waals surface area contributed by atoms with E-state index in [0.29, 0.717) is 6.54 Å². The molecule has 2 N–H and O–H groups in total. The van der Waals surface area contributed by atoms with Gasteiger partial charge in [-0.1, -0.05) is 12.5 Å². The Labute approximate surface area is 124 Å². The molecule has 0 aliphatic heterocycles. The fourth-order valence-electron chi connectivity index (χ4n) is 2.58. The van der Waals surface area contributed by atoms with Gasteiger partial charge in [0, 0.05) is 30.1 Å². The Hall–Kier alpha value is -1.20. The van der Waals surface area contributed by atoms with Crippen molar-refractivity contribution in [1.82, 2.24) is 4.90 Å². The number of nitrogens with zero attached hydrogens (tertiary/aromatic N) is 1. The molecule has 0 spiro atoms. The van der Waals surface area contributed by atoms with Crippen LogP contribution < -0.4 is 5.32 Å². The molecule has 1 aromatic rings. The van der Waals surface area contributed by atoms with E-state index in [9.17, 15) is 9.90 Å². The van der Waals surface area contributed by atoms with Crippen molar-refractivity contribution < 1.29 is 9.90 Å². The van der Waals surface area contributed by atoms with Crippen LogP contribution in [0.4, 0.5) is 10.5 Å². The van der Waals surface area contributed by atoms with Gasteiger partial charge in [-0.15, -0.1) is 11.8 Å². The first-order chi connectivity index (χ1) is 9.60. The van der Waals surface area contributed by atoms with Crippen molar-refractivity contribution in [2.45, 2.75) is 30.3 Å². The summed E-state index contributed by atoms with van der Waals surface area (Å²) in [5.41, 5.74) is 0.806. The standard InChI is InChI=1S/C15H22N2O2S/c1-17(10-11-5-3-8-14(11)18)15(19)16-12-6-4-7-13(9-12)20-2/h4,6-7,9,11,14,18H,3,5,8,10H2,1-2H3,(H,16,19). The van der Waals surface area contributed by atoms with Gasteiger partial charge in [-0.05, 0) is 37.3 Å². The number of aliphatic hydroxyl groups excluding tert-OH is 1. The van der Waals surface area contributed by atoms with Crippen LogP contribution in [0.2, 0.25) is 0 Å². The summed E-state index contributed by atoms with van der Waals surface area (Å²) in [6.07, 6.45) is 4.66. The summed E-state index contributed by atoms with van der Waals surface area (Å²) in [6, 6.07) is 7.67. The average Bonchev–Trinajstić information content (AvgIpc) is 2.84. The Morgan fingerprint density at radius 2 is 2.30 bits per heavy atom. The first-order valence-electron chi connectivity index (χ1n) is 6.94. The van der Waals surface area contributed by atoms with Crippen molar-refractivity contribution in [3.8, 4) is 0 Å². The van der Waals surface area contributed by atoms with Crippen molar-refractivity contribution in [2.24, 2.45) is 5.92 Å². The predicted molar refractivity (Wildman–Crippen MR) is 83.2 cm³/mol. The quantitative estimate of drug-likeness (QED) is 0.839. The number of anilines is 1. The summed E-state index contributed by atoms with van der Waals surface area (Å²) >= 11 is 1.65. The molecular weight excluding hydrogens is 272 g/mol. The van der Waals surface area contributed by atoms with Crippen LogP contribution >= 0.6 is 11.8 Å². The molecule has 1 saturated carbocycles. The Bertz CT molecular complexity index is 467. The number of amides is 2. The zero-order valence-corrected chi connectivity index (χ0v) is 12.8. The minimum Gasteiger partial charge on any atom is -0.393 e. The van der Waals surface area contributed by atoms with Crippen molar-refractivity contribution in [3.05, 3.63) is 24.3 Å². The van der Waals surface area contributed by atoms with Crippen molar-refractivity contribution in [3.63, 3.8) is 0 Å². The molecule has 0 aromatic heterocycles. The topological polar surface area (TPSA) is 52.6 Å². The van der Waals surface area contributed by atoms with Gasteiger partial charge in [-0.3, -0.25) is 0 Å². The van der Waals surface area contributed by atoms with Gasteiger partial charge in [0.25, 0.3) is 0 Å². The van der Waals surface area contributed by atoms with E-state index in [0.717, 1.165) is 29.8 Å². The zero-order chi connectivity index (χ0) is 14.5. The lowest BCUT2D eigenvalue weighted by molar-refractivity contribution is 0.116. The molecule has 5 heteroatoms. The van der Waals surface area contributed by atoms with Crippen LogP contribution in [-0.2, 0) is 0 Å². The van der Waals surface area contributed by atoms with Crippen LogP contribution in [0.3, 0.4) is 0 Å². The van der Waals surface area contributed by atoms with E-state index in [4.69, 9.17) is 0 Å². The Morgan fingerprint density at radius 3 is 2.95 bits per heavy atom. The molecule has 1 aliphatic rings. The second kappa shape index (κ2) is 6.99. The highest BCUT2D eigenvalue weighted by Crippen LogP contribution is 2.26. The van der Waals surface area contributed by atoms with Gasteiger partial charge in [-0.2, -0.15) is 0 Å². The molecule has 2 unspecified atom stereocenters. The average molecular weight is 294 g/mol. The minimum absolute atomic E-state index is 0.123. The monoisotopic (exact) mass is 294 g/mol. The summed E-state index contributed by atoms with van der Waals surface area (Å²) < 4.78 is 0. The molecule has 1 aromatic carbocycles. The van der Waals surface area contributed by atoms with Crippen molar-refractivity contribution in [1.29, 1.82) is 0 Å². The number of carbonyl (C=O) groups excluding carboxylic acids is 1. The fourth-order valence-corrected chi connectivity index (χ4v) is 3.04. The van der Waals surface area contributed by atoms with Crippen LogP contribution in [-0.4, -0.2) is 42.0 Å². The zero-order valence-electron chi connectivity index (χ0n) is 12.0. The van der Waals surface area contributed by atoms with E-state index < -0.39 is 0 Å². The highest BCUT2D eigenvalue weighted by molar-refractivity contribution is 7.98. The SMILES string of the molecule is CSc1cccc(NC(=O)N(C)CC2CCCC2O)c1. The highest BCUT2D eigenvalue weighted by Gasteiger charge is 2.27. The lowest BCUT2D eigenvalue weighted by atomic mass is 10.1. The molecule has 0 bridgehead atoms. The Morgan fingerprint density at radius 1 is 1.50 bits per heavy atom. The molecule has 0 radical (unpaired) electrons. The van der Waals surface area contributed by atoms with Crippen LogP contribution in [0.5, 0.6) is 0 Å². The first kappa shape index (κ1) is 15.2. The van der Waals surface area contributed by atoms with Crippen molar-refractivity contribution in [2.75, 3.05) is 25.2 Å². The number of aliphatic hydroxyl groups is 1. The fraction of sp³-hybridized carbons (Fsp3) is 0.533. The van der Waals surface area contributed by atoms with E-state index in [-0.39, 0.29) is 18.1 Å². The molecule has 2 rings (SSSR count). The number of benzene rings is 1. The van der Waals surface area contributed by atoms with Crippen LogP contribution in [0.25, 0.3) is 0 Å². The second-order valence-corrected chi connectivity index (χ2v) is 6.18. The minimum atomic E-state index is -0.259. The third kappa shape index (κ3) is 3.90. The molecule has 2 atom stereocenters. The highest BCUT2D eigenvalue weighted by atomic mass is 32.2. The maximum atomic E-state index is 12.1. The normalized spacial score (nSPS) is 21.8. The number of rotatable bonds is 4. The van der Waals surface area contributed by atoms with E-state index >= 15 is 0 Å². The third-order valence-corrected chi connectivity index (χ3v) is 4.52. The molecule has 1 fully saturated rings. The predicted octanol–water partition coefficient (Wildman–Crippen LogP) is 3.03. The summed E-state index contributed by atoms with van der Waals surface area (Å²) in [6.45, 7) is 0.606. The van der Waals surface area contributed by atoms with Gasteiger partial charge < -0.3 is 15.3 Å². The van der Waals surface area contributed by atoms with E-state index in [1.54, 1.807) is 23.7 Å². The van der Waals surface area contributed by atoms with Gasteiger partial charge in [0.15, 0.2) is 0 Å². The number of urea groups is 1. The number of hydrogen-bond acceptors (Lipinski definition) is 3. The number of nitrogens with one attached hydrogen (secondary N) is 1. The van der Waals surface area contributed by atoms with Crippen LogP contribution in [0, 0.1) is 5.92 Å². The van der Waals surface area contributed by atoms with E-state index in [2.05, 4.69) is 5.32 Å². The van der Waals surface area contributed by atoms with Gasteiger partial charge in [-0.25, -0.2) is 4.79 Å². The smallest absolute Gasteiger partial charge is 0.321 e. The summed E-state index contributed by atoms with van der Waals surface area (Å²) in [5, 5.41) is 12.7. The third-order valence-electron chi connectivity index (χ3n) is 3.80. The lowest BCUT2D eigenvalue weighted by Crippen LogP contribution is -2.37. The Balaban J connectivity index is 1.90. The number of carbonyl (C=O) groups is 1. The summed E-state index contributed by atoms with van der Waals surface area (Å²) in [5.74, 6) is 0.211. The molecular formula is C15H22N2O2S. The largest absolute Gasteiger partial charge is 0.393 e. The van der Waals surface area contributed by atoms with Gasteiger partial charge in [0.05, 0.1) is 6.10 Å². The molecule has 0 heterocycles. The number of thioether (sulfide) groups is 1. The van der Waals surface area contributed by atoms with Crippen LogP contribution in [0.15, 0.2) is 29.2 Å². The van der Waals surface area contributed by atoms with Gasteiger partial charge >= 0.3 is 6.03 Å². The molecule has 1 aliphatic carbocycles. The van der Waals surface area contributed by atoms with E-state index in [1.807, 2.05) is 30.5 Å². The maximum Gasteiger partial charge on any atom is 0.321 e. The van der Waals surface area contributed by atoms with Crippen LogP contribution in [0.1, 0.15) is 19.3 Å². The van der Waals surface area contributed by atoms with E-state index in [1.165, 1.54) is 0 Å².